The van der Waals surface area contributed by atoms with Gasteiger partial charge in [0.1, 0.15) is 0 Å². The molecule has 0 unspecified atom stereocenters. The average molecular weight is 228 g/mol. The molecule has 0 saturated heterocycles. The molecule has 0 spiro atoms. The van der Waals surface area contributed by atoms with E-state index in [0.717, 1.165) is 27.8 Å². The minimum atomic E-state index is 0.721. The summed E-state index contributed by atoms with van der Waals surface area (Å²) in [7, 11) is 0. The van der Waals surface area contributed by atoms with Gasteiger partial charge in [-0.25, -0.2) is 0 Å². The quantitative estimate of drug-likeness (QED) is 0.478. The first-order chi connectivity index (χ1) is 6.65. The van der Waals surface area contributed by atoms with Crippen LogP contribution in [-0.4, -0.2) is 5.75 Å². The van der Waals surface area contributed by atoms with E-state index in [0.29, 0.717) is 0 Å². The van der Waals surface area contributed by atoms with E-state index in [-0.39, 0.29) is 0 Å². The fraction of sp³-hybridized carbons (Fsp3) is 0.273. The van der Waals surface area contributed by atoms with Crippen LogP contribution in [0.2, 0.25) is 5.02 Å². The van der Waals surface area contributed by atoms with Crippen molar-refractivity contribution in [1.29, 1.82) is 0 Å². The van der Waals surface area contributed by atoms with Gasteiger partial charge in [-0.1, -0.05) is 36.7 Å². The molecule has 0 aliphatic heterocycles. The summed E-state index contributed by atoms with van der Waals surface area (Å²) in [5, 5.41) is 0.721. The largest absolute Gasteiger partial charge is 0.398 e. The third-order valence-electron chi connectivity index (χ3n) is 1.92. The van der Waals surface area contributed by atoms with Crippen LogP contribution in [0.4, 0.5) is 5.69 Å². The second-order valence-electron chi connectivity index (χ2n) is 3.05. The van der Waals surface area contributed by atoms with Gasteiger partial charge in [-0.3, -0.25) is 0 Å². The molecule has 0 heterocycles. The van der Waals surface area contributed by atoms with Crippen LogP contribution in [0, 0.1) is 0 Å². The number of halogens is 1. The van der Waals surface area contributed by atoms with Crippen molar-refractivity contribution in [2.75, 3.05) is 11.5 Å². The molecule has 0 atom stereocenters. The molecule has 0 aliphatic rings. The predicted octanol–water partition coefficient (Wildman–Crippen LogP) is 3.98. The molecule has 0 aromatic heterocycles. The highest BCUT2D eigenvalue weighted by Gasteiger charge is 2.04. The lowest BCUT2D eigenvalue weighted by Crippen LogP contribution is -1.91. The lowest BCUT2D eigenvalue weighted by atomic mass is 10.3. The molecule has 2 N–H and O–H groups in total. The molecule has 0 saturated carbocycles. The second kappa shape index (κ2) is 5.32. The van der Waals surface area contributed by atoms with Gasteiger partial charge < -0.3 is 5.73 Å². The first kappa shape index (κ1) is 11.5. The molecule has 3 heteroatoms. The maximum atomic E-state index is 6.03. The standard InChI is InChI=1S/C11H14ClNS/c1-3-8(2)7-14-11-9(12)5-4-6-10(11)13/h4-6H,2-3,7,13H2,1H3. The maximum Gasteiger partial charge on any atom is 0.0562 e. The summed E-state index contributed by atoms with van der Waals surface area (Å²) in [6.45, 7) is 6.04. The van der Waals surface area contributed by atoms with Crippen LogP contribution in [0.25, 0.3) is 0 Å². The minimum absolute atomic E-state index is 0.721. The molecule has 76 valence electrons. The van der Waals surface area contributed by atoms with Crippen molar-refractivity contribution >= 4 is 29.1 Å². The predicted molar refractivity (Wildman–Crippen MR) is 66.0 cm³/mol. The minimum Gasteiger partial charge on any atom is -0.398 e. The number of hydrogen-bond acceptors (Lipinski definition) is 2. The zero-order chi connectivity index (χ0) is 10.6. The van der Waals surface area contributed by atoms with Gasteiger partial charge in [0.05, 0.1) is 5.02 Å². The van der Waals surface area contributed by atoms with Crippen molar-refractivity contribution in [3.63, 3.8) is 0 Å². The lowest BCUT2D eigenvalue weighted by Gasteiger charge is -2.07. The molecule has 0 bridgehead atoms. The van der Waals surface area contributed by atoms with Gasteiger partial charge in [-0.15, -0.1) is 11.8 Å². The van der Waals surface area contributed by atoms with Crippen LogP contribution in [0.3, 0.4) is 0 Å². The van der Waals surface area contributed by atoms with Crippen molar-refractivity contribution < 1.29 is 0 Å². The van der Waals surface area contributed by atoms with E-state index in [9.17, 15) is 0 Å². The van der Waals surface area contributed by atoms with E-state index < -0.39 is 0 Å². The number of nitrogens with two attached hydrogens (primary N) is 1. The Bertz CT molecular complexity index is 316. The van der Waals surface area contributed by atoms with Gasteiger partial charge in [-0.05, 0) is 18.6 Å². The number of thioether (sulfide) groups is 1. The molecule has 1 rings (SSSR count). The zero-order valence-electron chi connectivity index (χ0n) is 8.22. The Labute approximate surface area is 94.3 Å². The van der Waals surface area contributed by atoms with Crippen LogP contribution in [0.5, 0.6) is 0 Å². The summed E-state index contributed by atoms with van der Waals surface area (Å²) >= 11 is 7.68. The van der Waals surface area contributed by atoms with Gasteiger partial charge in [0.2, 0.25) is 0 Å². The molecule has 0 aliphatic carbocycles. The molecular weight excluding hydrogens is 214 g/mol. The average Bonchev–Trinajstić information content (AvgIpc) is 2.16. The van der Waals surface area contributed by atoms with Crippen molar-refractivity contribution in [3.8, 4) is 0 Å². The zero-order valence-corrected chi connectivity index (χ0v) is 9.79. The van der Waals surface area contributed by atoms with E-state index in [4.69, 9.17) is 17.3 Å². The van der Waals surface area contributed by atoms with E-state index in [2.05, 4.69) is 13.5 Å². The van der Waals surface area contributed by atoms with Crippen molar-refractivity contribution in [2.24, 2.45) is 0 Å². The number of anilines is 1. The number of nitrogen functional groups attached to an aromatic ring is 1. The molecule has 14 heavy (non-hydrogen) atoms. The summed E-state index contributed by atoms with van der Waals surface area (Å²) in [5.41, 5.74) is 7.76. The summed E-state index contributed by atoms with van der Waals surface area (Å²) in [6.07, 6.45) is 0.997. The molecule has 0 amide bonds. The lowest BCUT2D eigenvalue weighted by molar-refractivity contribution is 1.12. The van der Waals surface area contributed by atoms with E-state index in [1.807, 2.05) is 18.2 Å². The fourth-order valence-electron chi connectivity index (χ4n) is 0.954. The van der Waals surface area contributed by atoms with Gasteiger partial charge in [0, 0.05) is 16.3 Å². The summed E-state index contributed by atoms with van der Waals surface area (Å²) < 4.78 is 0. The number of benzene rings is 1. The topological polar surface area (TPSA) is 26.0 Å². The Morgan fingerprint density at radius 1 is 1.57 bits per heavy atom. The van der Waals surface area contributed by atoms with E-state index in [1.165, 1.54) is 5.57 Å². The van der Waals surface area contributed by atoms with Crippen LogP contribution in [0.15, 0.2) is 35.2 Å². The van der Waals surface area contributed by atoms with Gasteiger partial charge in [0.15, 0.2) is 0 Å². The third kappa shape index (κ3) is 2.96. The Hall–Kier alpha value is -0.600. The number of rotatable bonds is 4. The number of hydrogen-bond donors (Lipinski definition) is 1. The Balaban J connectivity index is 2.71. The molecular formula is C11H14ClNS. The summed E-state index contributed by atoms with van der Waals surface area (Å²) in [4.78, 5) is 0.962. The molecule has 0 radical (unpaired) electrons. The first-order valence-electron chi connectivity index (χ1n) is 4.48. The fourth-order valence-corrected chi connectivity index (χ4v) is 2.29. The van der Waals surface area contributed by atoms with E-state index in [1.54, 1.807) is 11.8 Å². The van der Waals surface area contributed by atoms with Gasteiger partial charge >= 0.3 is 0 Å². The van der Waals surface area contributed by atoms with E-state index >= 15 is 0 Å². The summed E-state index contributed by atoms with van der Waals surface area (Å²) in [5.74, 6) is 0.879. The normalized spacial score (nSPS) is 10.1. The van der Waals surface area contributed by atoms with Crippen molar-refractivity contribution in [1.82, 2.24) is 0 Å². The molecule has 1 aromatic carbocycles. The van der Waals surface area contributed by atoms with Crippen LogP contribution in [0.1, 0.15) is 13.3 Å². The van der Waals surface area contributed by atoms with Crippen molar-refractivity contribution in [3.05, 3.63) is 35.4 Å². The smallest absolute Gasteiger partial charge is 0.0562 e. The molecule has 1 aromatic rings. The van der Waals surface area contributed by atoms with Crippen LogP contribution >= 0.6 is 23.4 Å². The summed E-state index contributed by atoms with van der Waals surface area (Å²) in [6, 6.07) is 5.58. The highest BCUT2D eigenvalue weighted by molar-refractivity contribution is 7.99. The third-order valence-corrected chi connectivity index (χ3v) is 3.64. The Morgan fingerprint density at radius 3 is 2.86 bits per heavy atom. The van der Waals surface area contributed by atoms with Crippen LogP contribution in [-0.2, 0) is 0 Å². The SMILES string of the molecule is C=C(CC)CSc1c(N)cccc1Cl. The highest BCUT2D eigenvalue weighted by Crippen LogP contribution is 2.33. The first-order valence-corrected chi connectivity index (χ1v) is 5.85. The Kier molecular flexibility index (Phi) is 4.36. The van der Waals surface area contributed by atoms with Gasteiger partial charge in [-0.2, -0.15) is 0 Å². The Morgan fingerprint density at radius 2 is 2.29 bits per heavy atom. The van der Waals surface area contributed by atoms with Gasteiger partial charge in [0.25, 0.3) is 0 Å². The second-order valence-corrected chi connectivity index (χ2v) is 4.44. The molecule has 0 fully saturated rings. The van der Waals surface area contributed by atoms with Crippen LogP contribution < -0.4 is 5.73 Å². The van der Waals surface area contributed by atoms with Crippen molar-refractivity contribution in [2.45, 2.75) is 18.2 Å². The monoisotopic (exact) mass is 227 g/mol. The highest BCUT2D eigenvalue weighted by atomic mass is 35.5. The molecule has 1 nitrogen and oxygen atoms in total. The maximum absolute atomic E-state index is 6.03.